The minimum Gasteiger partial charge on any atom is -0.352 e. The van der Waals surface area contributed by atoms with Crippen molar-refractivity contribution in [3.8, 4) is 0 Å². The monoisotopic (exact) mass is 351 g/mol. The molecule has 0 saturated heterocycles. The molecule has 1 amide bonds. The van der Waals surface area contributed by atoms with Gasteiger partial charge in [-0.15, -0.1) is 11.6 Å². The first-order valence-electron chi connectivity index (χ1n) is 5.95. The summed E-state index contributed by atoms with van der Waals surface area (Å²) in [4.78, 5) is 11.9. The van der Waals surface area contributed by atoms with Crippen LogP contribution >= 0.6 is 39.1 Å². The number of carbonyl (C=O) groups is 1. The predicted molar refractivity (Wildman–Crippen MR) is 80.7 cm³/mol. The van der Waals surface area contributed by atoms with Gasteiger partial charge in [0.05, 0.1) is 10.6 Å². The van der Waals surface area contributed by atoms with Crippen LogP contribution in [0.4, 0.5) is 0 Å². The molecule has 0 bridgehead atoms. The van der Waals surface area contributed by atoms with E-state index in [4.69, 9.17) is 23.2 Å². The number of benzene rings is 1. The van der Waals surface area contributed by atoms with Gasteiger partial charge in [0.1, 0.15) is 0 Å². The molecule has 1 aromatic carbocycles. The zero-order chi connectivity index (χ0) is 13.4. The molecule has 0 heterocycles. The molecule has 0 aliphatic heterocycles. The largest absolute Gasteiger partial charge is 0.352 e. The van der Waals surface area contributed by atoms with Gasteiger partial charge in [-0.1, -0.05) is 30.5 Å². The van der Waals surface area contributed by atoms with Crippen molar-refractivity contribution in [2.24, 2.45) is 0 Å². The number of halogens is 3. The van der Waals surface area contributed by atoms with Gasteiger partial charge in [0, 0.05) is 16.9 Å². The van der Waals surface area contributed by atoms with E-state index in [9.17, 15) is 4.79 Å². The average molecular weight is 353 g/mol. The van der Waals surface area contributed by atoms with Crippen LogP contribution in [0.3, 0.4) is 0 Å². The Balaban J connectivity index is 2.35. The van der Waals surface area contributed by atoms with Crippen LogP contribution in [0.25, 0.3) is 0 Å². The van der Waals surface area contributed by atoms with Crippen molar-refractivity contribution >= 4 is 45.0 Å². The van der Waals surface area contributed by atoms with Gasteiger partial charge in [0.15, 0.2) is 0 Å². The molecular formula is C13H16BrCl2NO. The van der Waals surface area contributed by atoms with Crippen LogP contribution in [0.2, 0.25) is 5.02 Å². The van der Waals surface area contributed by atoms with Gasteiger partial charge < -0.3 is 5.32 Å². The van der Waals surface area contributed by atoms with Crippen LogP contribution in [-0.2, 0) is 0 Å². The highest BCUT2D eigenvalue weighted by molar-refractivity contribution is 9.10. The Bertz CT molecular complexity index is 399. The number of carbonyl (C=O) groups excluding carboxylic acids is 1. The average Bonchev–Trinajstić information content (AvgIpc) is 2.36. The molecule has 100 valence electrons. The second kappa shape index (κ2) is 8.78. The molecule has 0 atom stereocenters. The molecule has 0 aliphatic rings. The molecule has 1 aromatic rings. The van der Waals surface area contributed by atoms with Crippen molar-refractivity contribution < 1.29 is 4.79 Å². The lowest BCUT2D eigenvalue weighted by atomic mass is 10.2. The Morgan fingerprint density at radius 1 is 1.22 bits per heavy atom. The van der Waals surface area contributed by atoms with E-state index in [0.717, 1.165) is 30.2 Å². The van der Waals surface area contributed by atoms with Crippen LogP contribution < -0.4 is 5.32 Å². The highest BCUT2D eigenvalue weighted by Gasteiger charge is 2.11. The number of rotatable bonds is 7. The molecule has 5 heteroatoms. The first-order chi connectivity index (χ1) is 8.66. The van der Waals surface area contributed by atoms with Gasteiger partial charge in [0.25, 0.3) is 5.91 Å². The van der Waals surface area contributed by atoms with Crippen LogP contribution in [0.1, 0.15) is 36.0 Å². The smallest absolute Gasteiger partial charge is 0.252 e. The molecule has 0 saturated carbocycles. The predicted octanol–water partition coefficient (Wildman–Crippen LogP) is 4.63. The second-order valence-corrected chi connectivity index (χ2v) is 5.57. The fourth-order valence-electron chi connectivity index (χ4n) is 1.55. The summed E-state index contributed by atoms with van der Waals surface area (Å²) >= 11 is 14.9. The van der Waals surface area contributed by atoms with E-state index in [0.29, 0.717) is 23.0 Å². The lowest BCUT2D eigenvalue weighted by Crippen LogP contribution is -2.24. The van der Waals surface area contributed by atoms with Crippen molar-refractivity contribution in [3.63, 3.8) is 0 Å². The molecule has 1 N–H and O–H groups in total. The third-order valence-electron chi connectivity index (χ3n) is 2.54. The maximum absolute atomic E-state index is 11.9. The number of unbranched alkanes of at least 4 members (excludes halogenated alkanes) is 3. The normalized spacial score (nSPS) is 10.4. The molecule has 0 unspecified atom stereocenters. The van der Waals surface area contributed by atoms with Crippen molar-refractivity contribution in [1.29, 1.82) is 0 Å². The van der Waals surface area contributed by atoms with Crippen molar-refractivity contribution in [3.05, 3.63) is 33.3 Å². The topological polar surface area (TPSA) is 29.1 Å². The van der Waals surface area contributed by atoms with E-state index in [1.807, 2.05) is 6.07 Å². The fraction of sp³-hybridized carbons (Fsp3) is 0.462. The molecule has 18 heavy (non-hydrogen) atoms. The van der Waals surface area contributed by atoms with Gasteiger partial charge in [-0.25, -0.2) is 0 Å². The van der Waals surface area contributed by atoms with E-state index in [1.54, 1.807) is 12.1 Å². The third kappa shape index (κ3) is 5.17. The Kier molecular flexibility index (Phi) is 7.71. The first kappa shape index (κ1) is 15.8. The van der Waals surface area contributed by atoms with Gasteiger partial charge in [-0.3, -0.25) is 4.79 Å². The number of amides is 1. The second-order valence-electron chi connectivity index (χ2n) is 3.96. The number of hydrogen-bond acceptors (Lipinski definition) is 1. The lowest BCUT2D eigenvalue weighted by molar-refractivity contribution is 0.0953. The van der Waals surface area contributed by atoms with Crippen molar-refractivity contribution in [2.75, 3.05) is 12.4 Å². The molecular weight excluding hydrogens is 337 g/mol. The fourth-order valence-corrected chi connectivity index (χ4v) is 2.32. The van der Waals surface area contributed by atoms with E-state index in [1.165, 1.54) is 0 Å². The summed E-state index contributed by atoms with van der Waals surface area (Å²) in [7, 11) is 0. The zero-order valence-electron chi connectivity index (χ0n) is 10.0. The summed E-state index contributed by atoms with van der Waals surface area (Å²) in [6.07, 6.45) is 4.19. The Labute approximate surface area is 126 Å². The van der Waals surface area contributed by atoms with Gasteiger partial charge in [-0.05, 0) is 40.9 Å². The maximum Gasteiger partial charge on any atom is 0.252 e. The van der Waals surface area contributed by atoms with Crippen LogP contribution in [-0.4, -0.2) is 18.3 Å². The SMILES string of the molecule is O=C(NCCCCCCCl)c1cccc(Br)c1Cl. The summed E-state index contributed by atoms with van der Waals surface area (Å²) in [6.45, 7) is 0.671. The lowest BCUT2D eigenvalue weighted by Gasteiger charge is -2.07. The van der Waals surface area contributed by atoms with Gasteiger partial charge >= 0.3 is 0 Å². The summed E-state index contributed by atoms with van der Waals surface area (Å²) in [5.41, 5.74) is 0.506. The summed E-state index contributed by atoms with van der Waals surface area (Å²) in [6, 6.07) is 5.33. The third-order valence-corrected chi connectivity index (χ3v) is 4.11. The van der Waals surface area contributed by atoms with Crippen LogP contribution in [0.5, 0.6) is 0 Å². The Morgan fingerprint density at radius 3 is 2.67 bits per heavy atom. The first-order valence-corrected chi connectivity index (χ1v) is 7.65. The van der Waals surface area contributed by atoms with E-state index >= 15 is 0 Å². The van der Waals surface area contributed by atoms with Gasteiger partial charge in [0.2, 0.25) is 0 Å². The minimum atomic E-state index is -0.126. The molecule has 0 radical (unpaired) electrons. The van der Waals surface area contributed by atoms with E-state index in [-0.39, 0.29) is 5.91 Å². The Hall–Kier alpha value is -0.250. The van der Waals surface area contributed by atoms with E-state index in [2.05, 4.69) is 21.2 Å². The molecule has 0 spiro atoms. The highest BCUT2D eigenvalue weighted by atomic mass is 79.9. The van der Waals surface area contributed by atoms with Gasteiger partial charge in [-0.2, -0.15) is 0 Å². The standard InChI is InChI=1S/C13H16BrCl2NO/c14-11-7-5-6-10(12(11)16)13(18)17-9-4-2-1-3-8-15/h5-7H,1-4,8-9H2,(H,17,18). The molecule has 0 fully saturated rings. The number of alkyl halides is 1. The molecule has 0 aliphatic carbocycles. The number of hydrogen-bond donors (Lipinski definition) is 1. The maximum atomic E-state index is 11.9. The minimum absolute atomic E-state index is 0.126. The van der Waals surface area contributed by atoms with E-state index < -0.39 is 0 Å². The van der Waals surface area contributed by atoms with Crippen LogP contribution in [0.15, 0.2) is 22.7 Å². The highest BCUT2D eigenvalue weighted by Crippen LogP contribution is 2.25. The Morgan fingerprint density at radius 2 is 1.94 bits per heavy atom. The number of nitrogens with one attached hydrogen (secondary N) is 1. The molecule has 2 nitrogen and oxygen atoms in total. The quantitative estimate of drug-likeness (QED) is 0.562. The van der Waals surface area contributed by atoms with Crippen LogP contribution in [0, 0.1) is 0 Å². The molecule has 0 aromatic heterocycles. The van der Waals surface area contributed by atoms with Crippen molar-refractivity contribution in [2.45, 2.75) is 25.7 Å². The van der Waals surface area contributed by atoms with Crippen molar-refractivity contribution in [1.82, 2.24) is 5.32 Å². The zero-order valence-corrected chi connectivity index (χ0v) is 13.1. The summed E-state index contributed by atoms with van der Waals surface area (Å²) < 4.78 is 0.735. The summed E-state index contributed by atoms with van der Waals surface area (Å²) in [5.74, 6) is 0.582. The molecule has 1 rings (SSSR count). The summed E-state index contributed by atoms with van der Waals surface area (Å²) in [5, 5.41) is 3.32.